The van der Waals surface area contributed by atoms with Crippen molar-refractivity contribution in [3.8, 4) is 5.88 Å². The molecule has 0 aliphatic heterocycles. The second-order valence-electron chi connectivity index (χ2n) is 4.23. The van der Waals surface area contributed by atoms with Crippen LogP contribution in [0.3, 0.4) is 0 Å². The molecule has 0 radical (unpaired) electrons. The van der Waals surface area contributed by atoms with Crippen LogP contribution in [0.15, 0.2) is 6.07 Å². The Labute approximate surface area is 115 Å². The molecule has 0 spiro atoms. The van der Waals surface area contributed by atoms with Crippen molar-refractivity contribution in [2.24, 2.45) is 0 Å². The molecular formula is C14H25N3O2. The van der Waals surface area contributed by atoms with Crippen molar-refractivity contribution in [3.63, 3.8) is 0 Å². The zero-order valence-electron chi connectivity index (χ0n) is 12.2. The van der Waals surface area contributed by atoms with Gasteiger partial charge >= 0.3 is 0 Å². The molecule has 19 heavy (non-hydrogen) atoms. The number of ether oxygens (including phenoxy) is 2. The first kappa shape index (κ1) is 15.7. The second kappa shape index (κ2) is 9.55. The van der Waals surface area contributed by atoms with Crippen molar-refractivity contribution in [3.05, 3.63) is 11.9 Å². The van der Waals surface area contributed by atoms with E-state index in [-0.39, 0.29) is 0 Å². The summed E-state index contributed by atoms with van der Waals surface area (Å²) in [5.74, 6) is 2.07. The van der Waals surface area contributed by atoms with Crippen LogP contribution < -0.4 is 10.1 Å². The van der Waals surface area contributed by atoms with Gasteiger partial charge in [0, 0.05) is 19.2 Å². The van der Waals surface area contributed by atoms with Gasteiger partial charge in [-0.2, -0.15) is 4.98 Å². The molecule has 0 unspecified atom stereocenters. The average molecular weight is 267 g/mol. The molecule has 0 saturated carbocycles. The molecule has 1 rings (SSSR count). The van der Waals surface area contributed by atoms with Crippen LogP contribution in [0.25, 0.3) is 0 Å². The number of nitrogens with one attached hydrogen (secondary N) is 1. The molecule has 0 saturated heterocycles. The molecule has 0 amide bonds. The van der Waals surface area contributed by atoms with E-state index in [0.29, 0.717) is 31.5 Å². The normalized spacial score (nSPS) is 10.5. The Balaban J connectivity index is 2.63. The monoisotopic (exact) mass is 267 g/mol. The SMILES string of the molecule is CCCCCOc1cc(NCC)nc(COCC)n1. The standard InChI is InChI=1S/C14H25N3O2/c1-4-7-8-9-19-14-10-12(15-5-2)16-13(17-14)11-18-6-3/h10H,4-9,11H2,1-3H3,(H,15,16,17). The molecule has 0 aliphatic carbocycles. The molecule has 1 heterocycles. The first-order chi connectivity index (χ1) is 9.30. The zero-order chi connectivity index (χ0) is 13.9. The highest BCUT2D eigenvalue weighted by Gasteiger charge is 2.05. The number of hydrogen-bond donors (Lipinski definition) is 1. The van der Waals surface area contributed by atoms with Crippen molar-refractivity contribution < 1.29 is 9.47 Å². The average Bonchev–Trinajstić information content (AvgIpc) is 2.42. The predicted molar refractivity (Wildman–Crippen MR) is 76.5 cm³/mol. The molecule has 1 N–H and O–H groups in total. The van der Waals surface area contributed by atoms with Crippen LogP contribution >= 0.6 is 0 Å². The summed E-state index contributed by atoms with van der Waals surface area (Å²) in [6, 6.07) is 1.84. The summed E-state index contributed by atoms with van der Waals surface area (Å²) in [6.45, 7) is 8.75. The lowest BCUT2D eigenvalue weighted by molar-refractivity contribution is 0.127. The van der Waals surface area contributed by atoms with Gasteiger partial charge in [0.15, 0.2) is 5.82 Å². The Kier molecular flexibility index (Phi) is 7.89. The lowest BCUT2D eigenvalue weighted by atomic mass is 10.3. The van der Waals surface area contributed by atoms with Crippen LogP contribution in [-0.4, -0.2) is 29.7 Å². The number of anilines is 1. The molecule has 1 aromatic rings. The minimum absolute atomic E-state index is 0.418. The quantitative estimate of drug-likeness (QED) is 0.660. The van der Waals surface area contributed by atoms with Crippen LogP contribution in [0.5, 0.6) is 5.88 Å². The highest BCUT2D eigenvalue weighted by molar-refractivity contribution is 5.38. The summed E-state index contributed by atoms with van der Waals surface area (Å²) < 4.78 is 11.0. The fourth-order valence-electron chi connectivity index (χ4n) is 1.61. The van der Waals surface area contributed by atoms with Crippen molar-refractivity contribution >= 4 is 5.82 Å². The summed E-state index contributed by atoms with van der Waals surface area (Å²) >= 11 is 0. The third-order valence-electron chi connectivity index (χ3n) is 2.54. The van der Waals surface area contributed by atoms with Crippen molar-refractivity contribution in [1.29, 1.82) is 0 Å². The Bertz CT molecular complexity index is 359. The van der Waals surface area contributed by atoms with E-state index in [1.165, 1.54) is 12.8 Å². The summed E-state index contributed by atoms with van der Waals surface area (Å²) in [5.41, 5.74) is 0. The maximum atomic E-state index is 5.67. The minimum Gasteiger partial charge on any atom is -0.478 e. The predicted octanol–water partition coefficient (Wildman–Crippen LogP) is 3.01. The van der Waals surface area contributed by atoms with E-state index in [4.69, 9.17) is 9.47 Å². The topological polar surface area (TPSA) is 56.3 Å². The van der Waals surface area contributed by atoms with Gasteiger partial charge < -0.3 is 14.8 Å². The van der Waals surface area contributed by atoms with E-state index in [0.717, 1.165) is 18.8 Å². The highest BCUT2D eigenvalue weighted by Crippen LogP contribution is 2.14. The molecule has 5 nitrogen and oxygen atoms in total. The van der Waals surface area contributed by atoms with Crippen LogP contribution in [-0.2, 0) is 11.3 Å². The van der Waals surface area contributed by atoms with Crippen LogP contribution in [0.4, 0.5) is 5.82 Å². The molecule has 0 fully saturated rings. The lowest BCUT2D eigenvalue weighted by Crippen LogP contribution is -2.08. The highest BCUT2D eigenvalue weighted by atomic mass is 16.5. The number of aromatic nitrogens is 2. The zero-order valence-corrected chi connectivity index (χ0v) is 12.2. The van der Waals surface area contributed by atoms with Gasteiger partial charge in [-0.1, -0.05) is 19.8 Å². The van der Waals surface area contributed by atoms with Gasteiger partial charge in [0.2, 0.25) is 5.88 Å². The molecule has 1 aromatic heterocycles. The molecule has 0 atom stereocenters. The van der Waals surface area contributed by atoms with Gasteiger partial charge in [-0.15, -0.1) is 0 Å². The van der Waals surface area contributed by atoms with E-state index < -0.39 is 0 Å². The Hall–Kier alpha value is -1.36. The van der Waals surface area contributed by atoms with Crippen LogP contribution in [0.1, 0.15) is 45.9 Å². The van der Waals surface area contributed by atoms with Gasteiger partial charge in [-0.05, 0) is 20.3 Å². The maximum absolute atomic E-state index is 5.67. The van der Waals surface area contributed by atoms with Gasteiger partial charge in [0.05, 0.1) is 6.61 Å². The Morgan fingerprint density at radius 3 is 2.68 bits per heavy atom. The first-order valence-electron chi connectivity index (χ1n) is 7.12. The fourth-order valence-corrected chi connectivity index (χ4v) is 1.61. The number of unbranched alkanes of at least 4 members (excludes halogenated alkanes) is 2. The summed E-state index contributed by atoms with van der Waals surface area (Å²) in [7, 11) is 0. The van der Waals surface area contributed by atoms with E-state index in [1.54, 1.807) is 0 Å². The molecule has 5 heteroatoms. The first-order valence-corrected chi connectivity index (χ1v) is 7.12. The lowest BCUT2D eigenvalue weighted by Gasteiger charge is -2.10. The number of rotatable bonds is 10. The summed E-state index contributed by atoms with van der Waals surface area (Å²) in [5, 5.41) is 3.18. The molecule has 0 aliphatic rings. The minimum atomic E-state index is 0.418. The molecule has 0 bridgehead atoms. The smallest absolute Gasteiger partial charge is 0.218 e. The van der Waals surface area contributed by atoms with Crippen LogP contribution in [0, 0.1) is 0 Å². The second-order valence-corrected chi connectivity index (χ2v) is 4.23. The number of hydrogen-bond acceptors (Lipinski definition) is 5. The van der Waals surface area contributed by atoms with Gasteiger partial charge in [0.25, 0.3) is 0 Å². The summed E-state index contributed by atoms with van der Waals surface area (Å²) in [4.78, 5) is 8.73. The van der Waals surface area contributed by atoms with Crippen molar-refractivity contribution in [2.45, 2.75) is 46.6 Å². The van der Waals surface area contributed by atoms with Gasteiger partial charge in [-0.3, -0.25) is 0 Å². The van der Waals surface area contributed by atoms with E-state index >= 15 is 0 Å². The molecule has 108 valence electrons. The maximum Gasteiger partial charge on any atom is 0.218 e. The van der Waals surface area contributed by atoms with E-state index in [9.17, 15) is 0 Å². The van der Waals surface area contributed by atoms with E-state index in [2.05, 4.69) is 22.2 Å². The molecule has 0 aromatic carbocycles. The fraction of sp³-hybridized carbons (Fsp3) is 0.714. The third-order valence-corrected chi connectivity index (χ3v) is 2.54. The largest absolute Gasteiger partial charge is 0.478 e. The van der Waals surface area contributed by atoms with Crippen molar-refractivity contribution in [2.75, 3.05) is 25.1 Å². The van der Waals surface area contributed by atoms with Gasteiger partial charge in [0.1, 0.15) is 12.4 Å². The Morgan fingerprint density at radius 2 is 2.00 bits per heavy atom. The number of nitrogens with zero attached hydrogens (tertiary/aromatic N) is 2. The third kappa shape index (κ3) is 6.38. The Morgan fingerprint density at radius 1 is 1.16 bits per heavy atom. The van der Waals surface area contributed by atoms with Crippen LogP contribution in [0.2, 0.25) is 0 Å². The van der Waals surface area contributed by atoms with E-state index in [1.807, 2.05) is 19.9 Å². The molecular weight excluding hydrogens is 242 g/mol. The summed E-state index contributed by atoms with van der Waals surface area (Å²) in [6.07, 6.45) is 3.42. The van der Waals surface area contributed by atoms with Crippen molar-refractivity contribution in [1.82, 2.24) is 9.97 Å². The van der Waals surface area contributed by atoms with Gasteiger partial charge in [-0.25, -0.2) is 4.98 Å².